The molecule has 2 rings (SSSR count). The quantitative estimate of drug-likeness (QED) is 0.852. The molecule has 2 N–H and O–H groups in total. The lowest BCUT2D eigenvalue weighted by Gasteiger charge is -2.26. The Balaban J connectivity index is 2.45. The Kier molecular flexibility index (Phi) is 3.01. The third-order valence-corrected chi connectivity index (χ3v) is 4.67. The van der Waals surface area contributed by atoms with E-state index in [0.717, 1.165) is 0 Å². The number of sulfone groups is 1. The summed E-state index contributed by atoms with van der Waals surface area (Å²) in [6.07, 6.45) is -0.260. The van der Waals surface area contributed by atoms with Crippen LogP contribution in [0.4, 0.5) is 5.69 Å². The first kappa shape index (κ1) is 12.2. The van der Waals surface area contributed by atoms with Crippen molar-refractivity contribution in [3.05, 3.63) is 23.2 Å². The molecule has 17 heavy (non-hydrogen) atoms. The van der Waals surface area contributed by atoms with Crippen molar-refractivity contribution in [2.75, 3.05) is 11.1 Å². The molecule has 5 nitrogen and oxygen atoms in total. The molecule has 92 valence electrons. The number of hydrogen-bond donors (Lipinski definition) is 2. The van der Waals surface area contributed by atoms with E-state index in [9.17, 15) is 13.2 Å². The van der Waals surface area contributed by atoms with Crippen LogP contribution < -0.4 is 5.32 Å². The van der Waals surface area contributed by atoms with Gasteiger partial charge in [-0.05, 0) is 12.1 Å². The molecule has 1 aromatic carbocycles. The van der Waals surface area contributed by atoms with Crippen LogP contribution in [0.25, 0.3) is 0 Å². The normalized spacial score (nSPS) is 21.4. The van der Waals surface area contributed by atoms with E-state index in [4.69, 9.17) is 16.7 Å². The molecular formula is C10H10ClNO4S. The van der Waals surface area contributed by atoms with E-state index in [2.05, 4.69) is 5.32 Å². The largest absolute Gasteiger partial charge is 0.481 e. The van der Waals surface area contributed by atoms with Gasteiger partial charge in [0, 0.05) is 0 Å². The average molecular weight is 276 g/mol. The van der Waals surface area contributed by atoms with Crippen molar-refractivity contribution in [1.29, 1.82) is 0 Å². The van der Waals surface area contributed by atoms with E-state index in [1.54, 1.807) is 12.1 Å². The first-order chi connectivity index (χ1) is 7.90. The Labute approximate surface area is 103 Å². The van der Waals surface area contributed by atoms with Crippen molar-refractivity contribution in [3.8, 4) is 0 Å². The number of carboxylic acid groups (broad SMARTS) is 1. The highest BCUT2D eigenvalue weighted by molar-refractivity contribution is 7.91. The smallest absolute Gasteiger partial charge is 0.305 e. The monoisotopic (exact) mass is 275 g/mol. The van der Waals surface area contributed by atoms with E-state index in [1.807, 2.05) is 0 Å². The number of rotatable bonds is 2. The first-order valence-electron chi connectivity index (χ1n) is 4.90. The van der Waals surface area contributed by atoms with Crippen molar-refractivity contribution in [3.63, 3.8) is 0 Å². The Morgan fingerprint density at radius 3 is 2.88 bits per heavy atom. The van der Waals surface area contributed by atoms with Gasteiger partial charge in [0.15, 0.2) is 9.84 Å². The fourth-order valence-electron chi connectivity index (χ4n) is 1.82. The number of carboxylic acids is 1. The lowest BCUT2D eigenvalue weighted by Crippen LogP contribution is -2.36. The van der Waals surface area contributed by atoms with Crippen LogP contribution in [0.3, 0.4) is 0 Å². The first-order valence-corrected chi connectivity index (χ1v) is 6.93. The maximum Gasteiger partial charge on any atom is 0.305 e. The van der Waals surface area contributed by atoms with Gasteiger partial charge in [0.1, 0.15) is 0 Å². The van der Waals surface area contributed by atoms with Gasteiger partial charge in [0.2, 0.25) is 0 Å². The summed E-state index contributed by atoms with van der Waals surface area (Å²) in [6, 6.07) is 3.93. The minimum Gasteiger partial charge on any atom is -0.481 e. The molecule has 0 fully saturated rings. The highest BCUT2D eigenvalue weighted by atomic mass is 35.5. The second-order valence-corrected chi connectivity index (χ2v) is 6.24. The third kappa shape index (κ3) is 2.37. The molecule has 0 aromatic heterocycles. The summed E-state index contributed by atoms with van der Waals surface area (Å²) in [5.74, 6) is -1.28. The van der Waals surface area contributed by atoms with Crippen molar-refractivity contribution < 1.29 is 18.3 Å². The van der Waals surface area contributed by atoms with Crippen LogP contribution in [0.1, 0.15) is 6.42 Å². The van der Waals surface area contributed by atoms with Gasteiger partial charge < -0.3 is 10.4 Å². The lowest BCUT2D eigenvalue weighted by molar-refractivity contribution is -0.137. The number of benzene rings is 1. The highest BCUT2D eigenvalue weighted by Gasteiger charge is 2.32. The van der Waals surface area contributed by atoms with Crippen molar-refractivity contribution in [2.24, 2.45) is 0 Å². The highest BCUT2D eigenvalue weighted by Crippen LogP contribution is 2.34. The summed E-state index contributed by atoms with van der Waals surface area (Å²) in [5.41, 5.74) is 0.298. The molecule has 0 spiro atoms. The molecule has 0 radical (unpaired) electrons. The second kappa shape index (κ2) is 4.19. The molecule has 1 heterocycles. The van der Waals surface area contributed by atoms with Gasteiger partial charge in [-0.1, -0.05) is 17.7 Å². The number of hydrogen-bond acceptors (Lipinski definition) is 4. The predicted molar refractivity (Wildman–Crippen MR) is 63.2 cm³/mol. The summed E-state index contributed by atoms with van der Waals surface area (Å²) < 4.78 is 23.9. The van der Waals surface area contributed by atoms with E-state index in [-0.39, 0.29) is 22.1 Å². The number of anilines is 1. The zero-order valence-corrected chi connectivity index (χ0v) is 10.3. The topological polar surface area (TPSA) is 83.5 Å². The van der Waals surface area contributed by atoms with Gasteiger partial charge in [-0.2, -0.15) is 0 Å². The summed E-state index contributed by atoms with van der Waals surface area (Å²) in [7, 11) is -3.47. The van der Waals surface area contributed by atoms with Gasteiger partial charge in [0.05, 0.1) is 33.8 Å². The van der Waals surface area contributed by atoms with Gasteiger partial charge in [-0.15, -0.1) is 0 Å². The number of aliphatic carboxylic acids is 1. The van der Waals surface area contributed by atoms with Crippen molar-refractivity contribution >= 4 is 33.1 Å². The van der Waals surface area contributed by atoms with Gasteiger partial charge >= 0.3 is 5.97 Å². The van der Waals surface area contributed by atoms with Crippen LogP contribution in [0.2, 0.25) is 5.02 Å². The molecule has 1 aromatic rings. The summed E-state index contributed by atoms with van der Waals surface area (Å²) in [6.45, 7) is 0. The van der Waals surface area contributed by atoms with Gasteiger partial charge in [-0.25, -0.2) is 8.42 Å². The van der Waals surface area contributed by atoms with Crippen LogP contribution in [0.15, 0.2) is 23.1 Å². The zero-order valence-electron chi connectivity index (χ0n) is 8.68. The Bertz CT molecular complexity index is 570. The zero-order chi connectivity index (χ0) is 12.6. The number of para-hydroxylation sites is 1. The van der Waals surface area contributed by atoms with E-state index >= 15 is 0 Å². The number of halogens is 1. The fourth-order valence-corrected chi connectivity index (χ4v) is 3.79. The molecular weight excluding hydrogens is 266 g/mol. The van der Waals surface area contributed by atoms with E-state index < -0.39 is 21.8 Å². The lowest BCUT2D eigenvalue weighted by atomic mass is 10.2. The molecule has 0 saturated carbocycles. The summed E-state index contributed by atoms with van der Waals surface area (Å²) in [5, 5.41) is 11.8. The average Bonchev–Trinajstić information content (AvgIpc) is 2.17. The fraction of sp³-hybridized carbons (Fsp3) is 0.300. The molecule has 0 amide bonds. The van der Waals surface area contributed by atoms with E-state index in [1.165, 1.54) is 6.07 Å². The molecule has 1 atom stereocenters. The van der Waals surface area contributed by atoms with Crippen molar-refractivity contribution in [1.82, 2.24) is 0 Å². The molecule has 1 unspecified atom stereocenters. The molecule has 0 aliphatic carbocycles. The number of fused-ring (bicyclic) bond motifs is 1. The van der Waals surface area contributed by atoms with E-state index in [0.29, 0.717) is 5.69 Å². The molecule has 0 saturated heterocycles. The Morgan fingerprint density at radius 2 is 2.24 bits per heavy atom. The Morgan fingerprint density at radius 1 is 1.53 bits per heavy atom. The van der Waals surface area contributed by atoms with Crippen molar-refractivity contribution in [2.45, 2.75) is 17.4 Å². The molecule has 1 aliphatic heterocycles. The number of nitrogens with one attached hydrogen (secondary N) is 1. The minimum absolute atomic E-state index is 0.131. The van der Waals surface area contributed by atoms with Crippen LogP contribution in [0.5, 0.6) is 0 Å². The SMILES string of the molecule is O=C(O)CC1CS(=O)(=O)c2cccc(Cl)c2N1. The summed E-state index contributed by atoms with van der Waals surface area (Å²) >= 11 is 5.90. The van der Waals surface area contributed by atoms with Gasteiger partial charge in [-0.3, -0.25) is 4.79 Å². The molecule has 0 bridgehead atoms. The summed E-state index contributed by atoms with van der Waals surface area (Å²) in [4.78, 5) is 10.7. The molecule has 7 heteroatoms. The van der Waals surface area contributed by atoms with Crippen LogP contribution in [-0.2, 0) is 14.6 Å². The molecule has 1 aliphatic rings. The second-order valence-electron chi connectivity index (χ2n) is 3.83. The van der Waals surface area contributed by atoms with Gasteiger partial charge in [0.25, 0.3) is 0 Å². The minimum atomic E-state index is -3.47. The standard InChI is InChI=1S/C10H10ClNO4S/c11-7-2-1-3-8-10(7)12-6(4-9(13)14)5-17(8,15)16/h1-3,6,12H,4-5H2,(H,13,14). The van der Waals surface area contributed by atoms with Crippen LogP contribution >= 0.6 is 11.6 Å². The van der Waals surface area contributed by atoms with Crippen LogP contribution in [-0.4, -0.2) is 31.3 Å². The maximum absolute atomic E-state index is 11.9. The third-order valence-electron chi connectivity index (χ3n) is 2.50. The maximum atomic E-state index is 11.9. The van der Waals surface area contributed by atoms with Crippen LogP contribution in [0, 0.1) is 0 Å². The Hall–Kier alpha value is -1.27. The number of carbonyl (C=O) groups is 1. The predicted octanol–water partition coefficient (Wildman–Crippen LogP) is 1.38.